The summed E-state index contributed by atoms with van der Waals surface area (Å²) in [5.74, 6) is 0. The summed E-state index contributed by atoms with van der Waals surface area (Å²) >= 11 is 6.32. The lowest BCUT2D eigenvalue weighted by Gasteiger charge is -2.19. The fourth-order valence-corrected chi connectivity index (χ4v) is 2.16. The maximum Gasteiger partial charge on any atom is 0.0720 e. The van der Waals surface area contributed by atoms with E-state index in [0.717, 1.165) is 28.0 Å². The van der Waals surface area contributed by atoms with E-state index in [9.17, 15) is 0 Å². The van der Waals surface area contributed by atoms with Crippen molar-refractivity contribution in [2.45, 2.75) is 39.5 Å². The van der Waals surface area contributed by atoms with Crippen molar-refractivity contribution >= 4 is 22.5 Å². The summed E-state index contributed by atoms with van der Waals surface area (Å²) in [6.45, 7) is 8.70. The molecule has 90 valence electrons. The Balaban J connectivity index is 2.67. The number of aromatic nitrogens is 1. The van der Waals surface area contributed by atoms with Crippen LogP contribution in [0.25, 0.3) is 10.9 Å². The van der Waals surface area contributed by atoms with Gasteiger partial charge in [-0.15, -0.1) is 0 Å². The van der Waals surface area contributed by atoms with Gasteiger partial charge in [-0.2, -0.15) is 0 Å². The van der Waals surface area contributed by atoms with Crippen molar-refractivity contribution < 1.29 is 0 Å². The molecule has 2 rings (SSSR count). The summed E-state index contributed by atoms with van der Waals surface area (Å²) in [6, 6.07) is 8.34. The van der Waals surface area contributed by atoms with E-state index >= 15 is 0 Å². The lowest BCUT2D eigenvalue weighted by Crippen LogP contribution is -2.10. The molecule has 0 N–H and O–H groups in total. The number of pyridine rings is 1. The Hall–Kier alpha value is -1.08. The minimum atomic E-state index is 0.140. The minimum absolute atomic E-state index is 0.140. The Morgan fingerprint density at radius 2 is 1.88 bits per heavy atom. The van der Waals surface area contributed by atoms with E-state index in [1.54, 1.807) is 0 Å². The standard InChI is InChI=1S/C15H18ClN/c1-5-11-9-13(16)12-8-10(15(2,3)4)6-7-14(12)17-11/h6-9H,5H2,1-4H3. The molecule has 0 saturated heterocycles. The van der Waals surface area contributed by atoms with Gasteiger partial charge in [-0.1, -0.05) is 45.4 Å². The normalized spacial score (nSPS) is 12.1. The van der Waals surface area contributed by atoms with E-state index in [-0.39, 0.29) is 5.41 Å². The molecule has 0 amide bonds. The van der Waals surface area contributed by atoms with Gasteiger partial charge in [-0.05, 0) is 35.6 Å². The first-order valence-electron chi connectivity index (χ1n) is 6.01. The summed E-state index contributed by atoms with van der Waals surface area (Å²) in [4.78, 5) is 4.59. The maximum absolute atomic E-state index is 6.32. The Bertz CT molecular complexity index is 553. The average Bonchev–Trinajstić information content (AvgIpc) is 2.27. The van der Waals surface area contributed by atoms with Crippen molar-refractivity contribution in [1.82, 2.24) is 4.98 Å². The molecule has 1 aromatic heterocycles. The van der Waals surface area contributed by atoms with Crippen LogP contribution in [0.5, 0.6) is 0 Å². The second kappa shape index (κ2) is 4.30. The average molecular weight is 248 g/mol. The van der Waals surface area contributed by atoms with Crippen LogP contribution < -0.4 is 0 Å². The first-order chi connectivity index (χ1) is 7.91. The molecule has 0 aliphatic carbocycles. The Morgan fingerprint density at radius 1 is 1.18 bits per heavy atom. The smallest absolute Gasteiger partial charge is 0.0720 e. The largest absolute Gasteiger partial charge is 0.253 e. The van der Waals surface area contributed by atoms with Gasteiger partial charge < -0.3 is 0 Å². The monoisotopic (exact) mass is 247 g/mol. The van der Waals surface area contributed by atoms with Crippen LogP contribution in [0.15, 0.2) is 24.3 Å². The highest BCUT2D eigenvalue weighted by molar-refractivity contribution is 6.35. The molecule has 0 radical (unpaired) electrons. The molecule has 1 aromatic carbocycles. The van der Waals surface area contributed by atoms with Gasteiger partial charge in [-0.3, -0.25) is 4.98 Å². The third-order valence-electron chi connectivity index (χ3n) is 3.04. The Labute approximate surface area is 108 Å². The molecule has 0 aliphatic heterocycles. The molecule has 2 heteroatoms. The third-order valence-corrected chi connectivity index (χ3v) is 3.35. The van der Waals surface area contributed by atoms with E-state index in [1.165, 1.54) is 5.56 Å². The molecule has 0 aliphatic rings. The van der Waals surface area contributed by atoms with Crippen LogP contribution in [0.3, 0.4) is 0 Å². The summed E-state index contributed by atoms with van der Waals surface area (Å²) in [5, 5.41) is 1.86. The number of fused-ring (bicyclic) bond motifs is 1. The molecule has 0 saturated carbocycles. The fraction of sp³-hybridized carbons (Fsp3) is 0.400. The van der Waals surface area contributed by atoms with Crippen molar-refractivity contribution in [2.75, 3.05) is 0 Å². The van der Waals surface area contributed by atoms with Crippen molar-refractivity contribution in [3.63, 3.8) is 0 Å². The first-order valence-corrected chi connectivity index (χ1v) is 6.39. The maximum atomic E-state index is 6.32. The summed E-state index contributed by atoms with van der Waals surface area (Å²) in [5.41, 5.74) is 3.47. The van der Waals surface area contributed by atoms with E-state index in [2.05, 4.69) is 50.9 Å². The summed E-state index contributed by atoms with van der Waals surface area (Å²) in [6.07, 6.45) is 0.913. The van der Waals surface area contributed by atoms with Gasteiger partial charge in [0.2, 0.25) is 0 Å². The third kappa shape index (κ3) is 2.44. The zero-order valence-corrected chi connectivity index (χ0v) is 11.6. The van der Waals surface area contributed by atoms with Crippen LogP contribution in [-0.2, 0) is 11.8 Å². The minimum Gasteiger partial charge on any atom is -0.253 e. The van der Waals surface area contributed by atoms with E-state index in [0.29, 0.717) is 0 Å². The van der Waals surface area contributed by atoms with Crippen molar-refractivity contribution in [3.8, 4) is 0 Å². The molecule has 0 atom stereocenters. The van der Waals surface area contributed by atoms with Crippen LogP contribution >= 0.6 is 11.6 Å². The topological polar surface area (TPSA) is 12.9 Å². The number of hydrogen-bond donors (Lipinski definition) is 0. The van der Waals surface area contributed by atoms with Crippen LogP contribution in [0.4, 0.5) is 0 Å². The second-order valence-electron chi connectivity index (χ2n) is 5.43. The van der Waals surface area contributed by atoms with Gasteiger partial charge in [0, 0.05) is 11.1 Å². The lowest BCUT2D eigenvalue weighted by atomic mass is 9.86. The van der Waals surface area contributed by atoms with Gasteiger partial charge in [0.25, 0.3) is 0 Å². The van der Waals surface area contributed by atoms with E-state index in [1.807, 2.05) is 6.07 Å². The molecule has 2 aromatic rings. The molecule has 0 unspecified atom stereocenters. The van der Waals surface area contributed by atoms with Crippen molar-refractivity contribution in [2.24, 2.45) is 0 Å². The molecule has 0 spiro atoms. The van der Waals surface area contributed by atoms with E-state index in [4.69, 9.17) is 11.6 Å². The van der Waals surface area contributed by atoms with Gasteiger partial charge in [0.1, 0.15) is 0 Å². The number of hydrogen-bond acceptors (Lipinski definition) is 1. The van der Waals surface area contributed by atoms with Gasteiger partial charge >= 0.3 is 0 Å². The summed E-state index contributed by atoms with van der Waals surface area (Å²) in [7, 11) is 0. The predicted molar refractivity (Wildman–Crippen MR) is 74.8 cm³/mol. The number of benzene rings is 1. The van der Waals surface area contributed by atoms with Gasteiger partial charge in [-0.25, -0.2) is 0 Å². The zero-order chi connectivity index (χ0) is 12.6. The van der Waals surface area contributed by atoms with Crippen LogP contribution in [0, 0.1) is 0 Å². The van der Waals surface area contributed by atoms with Crippen molar-refractivity contribution in [1.29, 1.82) is 0 Å². The highest BCUT2D eigenvalue weighted by Crippen LogP contribution is 2.29. The predicted octanol–water partition coefficient (Wildman–Crippen LogP) is 4.75. The van der Waals surface area contributed by atoms with Crippen molar-refractivity contribution in [3.05, 3.63) is 40.5 Å². The number of rotatable bonds is 1. The fourth-order valence-electron chi connectivity index (χ4n) is 1.88. The number of aryl methyl sites for hydroxylation is 1. The SMILES string of the molecule is CCc1cc(Cl)c2cc(C(C)(C)C)ccc2n1. The second-order valence-corrected chi connectivity index (χ2v) is 5.84. The highest BCUT2D eigenvalue weighted by Gasteiger charge is 2.15. The lowest BCUT2D eigenvalue weighted by molar-refractivity contribution is 0.591. The van der Waals surface area contributed by atoms with E-state index < -0.39 is 0 Å². The molecule has 0 bridgehead atoms. The van der Waals surface area contributed by atoms with Gasteiger partial charge in [0.05, 0.1) is 10.5 Å². The van der Waals surface area contributed by atoms with Gasteiger partial charge in [0.15, 0.2) is 0 Å². The Kier molecular flexibility index (Phi) is 3.13. The summed E-state index contributed by atoms with van der Waals surface area (Å²) < 4.78 is 0. The molecular formula is C15H18ClN. The quantitative estimate of drug-likeness (QED) is 0.709. The number of halogens is 1. The molecule has 1 nitrogen and oxygen atoms in total. The molecule has 17 heavy (non-hydrogen) atoms. The number of nitrogens with zero attached hydrogens (tertiary/aromatic N) is 1. The Morgan fingerprint density at radius 3 is 2.47 bits per heavy atom. The molecule has 0 fully saturated rings. The molecule has 1 heterocycles. The zero-order valence-electron chi connectivity index (χ0n) is 10.8. The van der Waals surface area contributed by atoms with Crippen LogP contribution in [-0.4, -0.2) is 4.98 Å². The first kappa shape index (κ1) is 12.4. The molecular weight excluding hydrogens is 230 g/mol. The van der Waals surface area contributed by atoms with Crippen LogP contribution in [0.2, 0.25) is 5.02 Å². The highest BCUT2D eigenvalue weighted by atomic mass is 35.5. The van der Waals surface area contributed by atoms with Crippen LogP contribution in [0.1, 0.15) is 39.0 Å².